The van der Waals surface area contributed by atoms with Gasteiger partial charge in [0, 0.05) is 49.5 Å². The molecule has 7 heteroatoms. The van der Waals surface area contributed by atoms with Gasteiger partial charge in [0.2, 0.25) is 0 Å². The van der Waals surface area contributed by atoms with Gasteiger partial charge in [-0.05, 0) is 61.5 Å². The topological polar surface area (TPSA) is 74.7 Å². The molecule has 6 rings (SSSR count). The van der Waals surface area contributed by atoms with Crippen LogP contribution < -0.4 is 10.2 Å². The third-order valence-corrected chi connectivity index (χ3v) is 6.76. The van der Waals surface area contributed by atoms with E-state index in [4.69, 9.17) is 5.26 Å². The Bertz CT molecular complexity index is 1380. The van der Waals surface area contributed by atoms with Crippen LogP contribution in [0, 0.1) is 24.2 Å². The van der Waals surface area contributed by atoms with Gasteiger partial charge in [0.05, 0.1) is 23.0 Å². The number of nitrogens with zero attached hydrogens (tertiary/aromatic N) is 6. The quantitative estimate of drug-likeness (QED) is 0.467. The first-order valence-corrected chi connectivity index (χ1v) is 11.3. The summed E-state index contributed by atoms with van der Waals surface area (Å²) in [7, 11) is 2.02. The zero-order valence-corrected chi connectivity index (χ0v) is 18.8. The van der Waals surface area contributed by atoms with Gasteiger partial charge in [-0.25, -0.2) is 0 Å². The Kier molecular flexibility index (Phi) is 4.56. The number of aromatic nitrogens is 4. The minimum atomic E-state index is 0.666. The van der Waals surface area contributed by atoms with Gasteiger partial charge in [-0.3, -0.25) is 4.57 Å². The smallest absolute Gasteiger partial charge is 0.185 e. The van der Waals surface area contributed by atoms with Crippen molar-refractivity contribution >= 4 is 5.69 Å². The van der Waals surface area contributed by atoms with Gasteiger partial charge >= 0.3 is 0 Å². The average molecular weight is 436 g/mol. The molecule has 33 heavy (non-hydrogen) atoms. The largest absolute Gasteiger partial charge is 0.371 e. The van der Waals surface area contributed by atoms with Gasteiger partial charge in [-0.1, -0.05) is 12.1 Å². The van der Waals surface area contributed by atoms with Gasteiger partial charge < -0.3 is 14.8 Å². The summed E-state index contributed by atoms with van der Waals surface area (Å²) in [5.74, 6) is 2.45. The minimum Gasteiger partial charge on any atom is -0.371 e. The molecule has 0 saturated carbocycles. The first-order valence-electron chi connectivity index (χ1n) is 11.3. The lowest BCUT2D eigenvalue weighted by molar-refractivity contribution is 0.397. The molecule has 0 aliphatic carbocycles. The van der Waals surface area contributed by atoms with Crippen molar-refractivity contribution in [2.75, 3.05) is 31.6 Å². The van der Waals surface area contributed by atoms with Gasteiger partial charge in [-0.15, -0.1) is 10.2 Å². The fourth-order valence-electron chi connectivity index (χ4n) is 5.04. The third kappa shape index (κ3) is 3.22. The standard InChI is InChI=1S/C26H25N7/c1-17-29-30-26-25-10-21(20-5-3-18(11-27)4-6-20)15-32(25)16-22-9-23(7-8-24(22)33(17)26)31-13-19(14-31)12-28-2/h3-10,15,19,28H,12-14,16H2,1-2H3. The Hall–Kier alpha value is -3.89. The highest BCUT2D eigenvalue weighted by molar-refractivity contribution is 5.72. The Labute approximate surface area is 192 Å². The summed E-state index contributed by atoms with van der Waals surface area (Å²) in [4.78, 5) is 2.45. The molecule has 4 aromatic rings. The van der Waals surface area contributed by atoms with Crippen molar-refractivity contribution < 1.29 is 0 Å². The van der Waals surface area contributed by atoms with Crippen LogP contribution in [0.3, 0.4) is 0 Å². The van der Waals surface area contributed by atoms with E-state index in [9.17, 15) is 0 Å². The van der Waals surface area contributed by atoms with Crippen LogP contribution in [0.4, 0.5) is 5.69 Å². The zero-order valence-electron chi connectivity index (χ0n) is 18.8. The number of nitriles is 1. The first-order chi connectivity index (χ1) is 16.1. The number of fused-ring (bicyclic) bond motifs is 5. The molecule has 2 aliphatic rings. The second kappa shape index (κ2) is 7.61. The molecule has 0 bridgehead atoms. The maximum Gasteiger partial charge on any atom is 0.185 e. The molecule has 2 aliphatic heterocycles. The summed E-state index contributed by atoms with van der Waals surface area (Å²) < 4.78 is 4.43. The summed E-state index contributed by atoms with van der Waals surface area (Å²) in [6.45, 7) is 6.02. The third-order valence-electron chi connectivity index (χ3n) is 6.76. The molecular formula is C26H25N7. The number of anilines is 1. The molecule has 1 N–H and O–H groups in total. The van der Waals surface area contributed by atoms with Crippen molar-refractivity contribution in [1.82, 2.24) is 24.6 Å². The van der Waals surface area contributed by atoms with E-state index in [1.54, 1.807) is 0 Å². The molecule has 2 aromatic carbocycles. The Balaban J connectivity index is 1.41. The normalized spacial score (nSPS) is 14.6. The predicted molar refractivity (Wildman–Crippen MR) is 128 cm³/mol. The summed E-state index contributed by atoms with van der Waals surface area (Å²) in [5, 5.41) is 21.3. The fourth-order valence-corrected chi connectivity index (χ4v) is 5.04. The van der Waals surface area contributed by atoms with Crippen molar-refractivity contribution in [3.8, 4) is 34.4 Å². The second-order valence-electron chi connectivity index (χ2n) is 8.98. The molecule has 164 valence electrons. The van der Waals surface area contributed by atoms with Crippen LogP contribution >= 0.6 is 0 Å². The minimum absolute atomic E-state index is 0.666. The lowest BCUT2D eigenvalue weighted by Crippen LogP contribution is -2.50. The van der Waals surface area contributed by atoms with Crippen LogP contribution in [-0.2, 0) is 6.54 Å². The van der Waals surface area contributed by atoms with E-state index < -0.39 is 0 Å². The van der Waals surface area contributed by atoms with E-state index in [1.807, 2.05) is 38.2 Å². The van der Waals surface area contributed by atoms with Gasteiger partial charge in [-0.2, -0.15) is 5.26 Å². The zero-order chi connectivity index (χ0) is 22.5. The van der Waals surface area contributed by atoms with Crippen molar-refractivity contribution in [1.29, 1.82) is 5.26 Å². The predicted octanol–water partition coefficient (Wildman–Crippen LogP) is 3.60. The average Bonchev–Trinajstić information content (AvgIpc) is 3.36. The lowest BCUT2D eigenvalue weighted by atomic mass is 9.98. The molecule has 0 amide bonds. The number of benzene rings is 2. The summed E-state index contributed by atoms with van der Waals surface area (Å²) in [6.07, 6.45) is 2.18. The van der Waals surface area contributed by atoms with E-state index in [0.29, 0.717) is 11.5 Å². The van der Waals surface area contributed by atoms with E-state index in [0.717, 1.165) is 60.3 Å². The number of hydrogen-bond donors (Lipinski definition) is 1. The molecule has 1 fully saturated rings. The first kappa shape index (κ1) is 19.8. The highest BCUT2D eigenvalue weighted by Crippen LogP contribution is 2.36. The Morgan fingerprint density at radius 3 is 2.64 bits per heavy atom. The van der Waals surface area contributed by atoms with Crippen molar-refractivity contribution in [2.24, 2.45) is 5.92 Å². The van der Waals surface area contributed by atoms with Crippen LogP contribution in [0.25, 0.3) is 28.3 Å². The molecule has 7 nitrogen and oxygen atoms in total. The molecule has 0 atom stereocenters. The maximum absolute atomic E-state index is 9.11. The Morgan fingerprint density at radius 2 is 1.88 bits per heavy atom. The number of rotatable bonds is 4. The molecule has 0 spiro atoms. The molecular weight excluding hydrogens is 410 g/mol. The van der Waals surface area contributed by atoms with Crippen LogP contribution in [0.2, 0.25) is 0 Å². The van der Waals surface area contributed by atoms with Crippen LogP contribution in [0.1, 0.15) is 17.0 Å². The van der Waals surface area contributed by atoms with Gasteiger partial charge in [0.25, 0.3) is 0 Å². The molecule has 4 heterocycles. The highest BCUT2D eigenvalue weighted by atomic mass is 15.3. The van der Waals surface area contributed by atoms with E-state index in [2.05, 4.69) is 66.1 Å². The SMILES string of the molecule is CNCC1CN(c2ccc3c(c2)Cn2cc(-c4ccc(C#N)cc4)cc2-c2nnc(C)n2-3)C1. The van der Waals surface area contributed by atoms with Crippen LogP contribution in [0.15, 0.2) is 54.7 Å². The number of nitrogens with one attached hydrogen (secondary N) is 1. The molecule has 0 unspecified atom stereocenters. The summed E-state index contributed by atoms with van der Waals surface area (Å²) in [5.41, 5.74) is 7.59. The highest BCUT2D eigenvalue weighted by Gasteiger charge is 2.28. The number of hydrogen-bond acceptors (Lipinski definition) is 5. The lowest BCUT2D eigenvalue weighted by Gasteiger charge is -2.41. The monoisotopic (exact) mass is 435 g/mol. The van der Waals surface area contributed by atoms with Crippen LogP contribution in [0.5, 0.6) is 0 Å². The van der Waals surface area contributed by atoms with Crippen molar-refractivity contribution in [3.63, 3.8) is 0 Å². The van der Waals surface area contributed by atoms with Crippen molar-refractivity contribution in [2.45, 2.75) is 13.5 Å². The van der Waals surface area contributed by atoms with Crippen molar-refractivity contribution in [3.05, 3.63) is 71.7 Å². The van der Waals surface area contributed by atoms with E-state index >= 15 is 0 Å². The number of aryl methyl sites for hydroxylation is 1. The van der Waals surface area contributed by atoms with E-state index in [1.165, 1.54) is 11.3 Å². The fraction of sp³-hybridized carbons (Fsp3) is 0.269. The van der Waals surface area contributed by atoms with Gasteiger partial charge in [0.15, 0.2) is 5.82 Å². The van der Waals surface area contributed by atoms with Crippen LogP contribution in [-0.4, -0.2) is 46.0 Å². The van der Waals surface area contributed by atoms with E-state index in [-0.39, 0.29) is 0 Å². The molecule has 2 aromatic heterocycles. The molecule has 0 radical (unpaired) electrons. The molecule has 1 saturated heterocycles. The summed E-state index contributed by atoms with van der Waals surface area (Å²) >= 11 is 0. The second-order valence-corrected chi connectivity index (χ2v) is 8.98. The Morgan fingerprint density at radius 1 is 1.06 bits per heavy atom. The van der Waals surface area contributed by atoms with Gasteiger partial charge in [0.1, 0.15) is 5.82 Å². The summed E-state index contributed by atoms with van der Waals surface area (Å²) in [6, 6.07) is 18.8. The maximum atomic E-state index is 9.11.